The number of benzene rings is 2. The smallest absolute Gasteiger partial charge is 0.269 e. The van der Waals surface area contributed by atoms with Crippen molar-refractivity contribution in [1.82, 2.24) is 9.62 Å². The molecule has 2 amide bonds. The van der Waals surface area contributed by atoms with Crippen LogP contribution in [-0.4, -0.2) is 56.8 Å². The fraction of sp³-hybridized carbons (Fsp3) is 0.391. The third kappa shape index (κ3) is 3.60. The van der Waals surface area contributed by atoms with Crippen molar-refractivity contribution >= 4 is 27.5 Å². The fourth-order valence-corrected chi connectivity index (χ4v) is 6.24. The molecule has 2 fully saturated rings. The molecule has 2 aromatic carbocycles. The average Bonchev–Trinajstić information content (AvgIpc) is 3.61. The van der Waals surface area contributed by atoms with E-state index in [1.54, 1.807) is 7.11 Å². The van der Waals surface area contributed by atoms with Gasteiger partial charge in [-0.25, -0.2) is 12.7 Å². The third-order valence-corrected chi connectivity index (χ3v) is 8.23. The molecule has 32 heavy (non-hydrogen) atoms. The Hall–Kier alpha value is -3.07. The zero-order valence-electron chi connectivity index (χ0n) is 17.8. The number of fused-ring (bicyclic) bond motifs is 1. The van der Waals surface area contributed by atoms with Gasteiger partial charge in [0, 0.05) is 36.4 Å². The molecule has 0 unspecified atom stereocenters. The first-order valence-corrected chi connectivity index (χ1v) is 12.2. The molecule has 2 aromatic rings. The number of nitrogens with zero attached hydrogens (tertiary/aromatic N) is 2. The molecular weight excluding hydrogens is 430 g/mol. The molecule has 0 radical (unpaired) electrons. The minimum Gasteiger partial charge on any atom is -0.497 e. The second kappa shape index (κ2) is 7.81. The number of amides is 2. The van der Waals surface area contributed by atoms with Crippen LogP contribution in [0.4, 0.5) is 5.69 Å². The van der Waals surface area contributed by atoms with Crippen LogP contribution in [0.25, 0.3) is 0 Å². The molecule has 5 rings (SSSR count). The van der Waals surface area contributed by atoms with Crippen molar-refractivity contribution in [3.8, 4) is 5.75 Å². The SMILES string of the molecule is COc1ccc(N2CCC(NC(=O)c3ccc4c(c3)S(=O)(=O)N(C3CC3)C4=O)CC2)cc1. The van der Waals surface area contributed by atoms with Crippen molar-refractivity contribution in [3.05, 3.63) is 53.6 Å². The summed E-state index contributed by atoms with van der Waals surface area (Å²) in [6.07, 6.45) is 2.97. The lowest BCUT2D eigenvalue weighted by molar-refractivity contribution is 0.0863. The van der Waals surface area contributed by atoms with E-state index in [1.165, 1.54) is 18.2 Å². The molecule has 0 bridgehead atoms. The predicted octanol–water partition coefficient (Wildman–Crippen LogP) is 2.40. The second-order valence-electron chi connectivity index (χ2n) is 8.48. The summed E-state index contributed by atoms with van der Waals surface area (Å²) >= 11 is 0. The zero-order chi connectivity index (χ0) is 22.5. The Morgan fingerprint density at radius 1 is 1.03 bits per heavy atom. The van der Waals surface area contributed by atoms with Crippen molar-refractivity contribution < 1.29 is 22.7 Å². The monoisotopic (exact) mass is 455 g/mol. The minimum absolute atomic E-state index is 0.00598. The Balaban J connectivity index is 1.24. The quantitative estimate of drug-likeness (QED) is 0.744. The predicted molar refractivity (Wildman–Crippen MR) is 119 cm³/mol. The molecule has 2 aliphatic heterocycles. The van der Waals surface area contributed by atoms with E-state index in [9.17, 15) is 18.0 Å². The van der Waals surface area contributed by atoms with Gasteiger partial charge >= 0.3 is 0 Å². The van der Waals surface area contributed by atoms with E-state index >= 15 is 0 Å². The number of carbonyl (C=O) groups is 2. The normalized spacial score (nSPS) is 20.2. The van der Waals surface area contributed by atoms with Crippen molar-refractivity contribution in [2.24, 2.45) is 0 Å². The van der Waals surface area contributed by atoms with Crippen molar-refractivity contribution in [1.29, 1.82) is 0 Å². The molecule has 1 saturated carbocycles. The minimum atomic E-state index is -3.88. The van der Waals surface area contributed by atoms with E-state index in [0.717, 1.165) is 41.7 Å². The highest BCUT2D eigenvalue weighted by Crippen LogP contribution is 2.39. The summed E-state index contributed by atoms with van der Waals surface area (Å²) in [5.41, 5.74) is 1.53. The molecule has 1 aliphatic carbocycles. The van der Waals surface area contributed by atoms with Gasteiger partial charge in [-0.15, -0.1) is 0 Å². The highest BCUT2D eigenvalue weighted by atomic mass is 32.2. The number of hydrogen-bond acceptors (Lipinski definition) is 6. The molecular formula is C23H25N3O5S. The van der Waals surface area contributed by atoms with Gasteiger partial charge in [0.2, 0.25) is 0 Å². The van der Waals surface area contributed by atoms with E-state index in [0.29, 0.717) is 12.8 Å². The van der Waals surface area contributed by atoms with Crippen LogP contribution in [0.2, 0.25) is 0 Å². The summed E-state index contributed by atoms with van der Waals surface area (Å²) in [5.74, 6) is 0.0118. The van der Waals surface area contributed by atoms with Crippen LogP contribution < -0.4 is 15.0 Å². The molecule has 0 atom stereocenters. The lowest BCUT2D eigenvalue weighted by Gasteiger charge is -2.34. The number of nitrogens with one attached hydrogen (secondary N) is 1. The molecule has 1 N–H and O–H groups in total. The van der Waals surface area contributed by atoms with Gasteiger partial charge in [0.05, 0.1) is 12.7 Å². The summed E-state index contributed by atoms with van der Waals surface area (Å²) < 4.78 is 31.8. The lowest BCUT2D eigenvalue weighted by Crippen LogP contribution is -2.44. The maximum Gasteiger partial charge on any atom is 0.269 e. The first kappa shape index (κ1) is 20.8. The molecule has 168 valence electrons. The van der Waals surface area contributed by atoms with Crippen LogP contribution in [0.5, 0.6) is 5.75 Å². The number of anilines is 1. The van der Waals surface area contributed by atoms with Gasteiger partial charge < -0.3 is 15.0 Å². The standard InChI is InChI=1S/C23H25N3O5S/c1-31-19-7-5-17(6-8-19)25-12-10-16(11-13-25)24-22(27)15-2-9-20-21(14-15)32(29,30)26(23(20)28)18-3-4-18/h2,5-9,14,16,18H,3-4,10-13H2,1H3,(H,24,27). The topological polar surface area (TPSA) is 96.0 Å². The number of carbonyl (C=O) groups excluding carboxylic acids is 2. The first-order valence-electron chi connectivity index (χ1n) is 10.8. The maximum atomic E-state index is 12.8. The van der Waals surface area contributed by atoms with Crippen LogP contribution in [0.3, 0.4) is 0 Å². The number of methoxy groups -OCH3 is 1. The largest absolute Gasteiger partial charge is 0.497 e. The van der Waals surface area contributed by atoms with E-state index in [1.807, 2.05) is 24.3 Å². The van der Waals surface area contributed by atoms with Gasteiger partial charge in [0.15, 0.2) is 0 Å². The highest BCUT2D eigenvalue weighted by Gasteiger charge is 2.48. The molecule has 3 aliphatic rings. The molecule has 2 heterocycles. The Morgan fingerprint density at radius 3 is 2.34 bits per heavy atom. The summed E-state index contributed by atoms with van der Waals surface area (Å²) in [5, 5.41) is 3.02. The van der Waals surface area contributed by atoms with Gasteiger partial charge in [-0.3, -0.25) is 9.59 Å². The van der Waals surface area contributed by atoms with E-state index in [-0.39, 0.29) is 34.0 Å². The second-order valence-corrected chi connectivity index (χ2v) is 10.3. The Bertz CT molecular complexity index is 1170. The van der Waals surface area contributed by atoms with E-state index < -0.39 is 15.9 Å². The van der Waals surface area contributed by atoms with Crippen LogP contribution in [0.15, 0.2) is 47.4 Å². The van der Waals surface area contributed by atoms with Crippen LogP contribution >= 0.6 is 0 Å². The van der Waals surface area contributed by atoms with Gasteiger partial charge in [-0.05, 0) is 68.1 Å². The van der Waals surface area contributed by atoms with Crippen molar-refractivity contribution in [3.63, 3.8) is 0 Å². The van der Waals surface area contributed by atoms with Gasteiger partial charge in [0.1, 0.15) is 10.6 Å². The Morgan fingerprint density at radius 2 is 1.72 bits per heavy atom. The summed E-state index contributed by atoms with van der Waals surface area (Å²) in [4.78, 5) is 27.5. The third-order valence-electron chi connectivity index (χ3n) is 6.36. The van der Waals surface area contributed by atoms with Crippen molar-refractivity contribution in [2.45, 2.75) is 42.7 Å². The summed E-state index contributed by atoms with van der Waals surface area (Å²) in [7, 11) is -2.24. The Kier molecular flexibility index (Phi) is 5.08. The van der Waals surface area contributed by atoms with Crippen LogP contribution in [-0.2, 0) is 10.0 Å². The maximum absolute atomic E-state index is 12.8. The molecule has 8 nitrogen and oxygen atoms in total. The fourth-order valence-electron chi connectivity index (χ4n) is 4.40. The van der Waals surface area contributed by atoms with E-state index in [4.69, 9.17) is 4.74 Å². The Labute approximate surface area is 187 Å². The summed E-state index contributed by atoms with van der Waals surface area (Å²) in [6, 6.07) is 12.0. The van der Waals surface area contributed by atoms with Gasteiger partial charge in [0.25, 0.3) is 21.8 Å². The number of ether oxygens (including phenoxy) is 1. The lowest BCUT2D eigenvalue weighted by atomic mass is 10.0. The zero-order valence-corrected chi connectivity index (χ0v) is 18.6. The number of piperidine rings is 1. The van der Waals surface area contributed by atoms with Crippen LogP contribution in [0.1, 0.15) is 46.4 Å². The summed E-state index contributed by atoms with van der Waals surface area (Å²) in [6.45, 7) is 1.61. The van der Waals surface area contributed by atoms with Crippen molar-refractivity contribution in [2.75, 3.05) is 25.1 Å². The first-order chi connectivity index (χ1) is 15.4. The number of rotatable bonds is 5. The van der Waals surface area contributed by atoms with Gasteiger partial charge in [-0.2, -0.15) is 0 Å². The molecule has 1 saturated heterocycles. The van der Waals surface area contributed by atoms with E-state index in [2.05, 4.69) is 10.2 Å². The molecule has 0 spiro atoms. The molecule has 0 aromatic heterocycles. The number of hydrogen-bond donors (Lipinski definition) is 1. The average molecular weight is 456 g/mol. The molecule has 9 heteroatoms. The van der Waals surface area contributed by atoms with Gasteiger partial charge in [-0.1, -0.05) is 0 Å². The number of sulfonamides is 1. The highest BCUT2D eigenvalue weighted by molar-refractivity contribution is 7.90. The van der Waals surface area contributed by atoms with Crippen LogP contribution in [0, 0.1) is 0 Å².